The molecule has 0 saturated heterocycles. The van der Waals surface area contributed by atoms with Gasteiger partial charge in [0.1, 0.15) is 17.5 Å². The first-order valence-electron chi connectivity index (χ1n) is 7.88. The maximum atomic E-state index is 8.98. The van der Waals surface area contributed by atoms with Crippen LogP contribution in [-0.4, -0.2) is 35.3 Å². The maximum absolute atomic E-state index is 8.98. The van der Waals surface area contributed by atoms with Gasteiger partial charge in [0.05, 0.1) is 0 Å². The van der Waals surface area contributed by atoms with Crippen molar-refractivity contribution in [1.29, 1.82) is 0 Å². The van der Waals surface area contributed by atoms with Crippen LogP contribution in [0.1, 0.15) is 56.8 Å². The van der Waals surface area contributed by atoms with Gasteiger partial charge in [0.25, 0.3) is 0 Å². The summed E-state index contributed by atoms with van der Waals surface area (Å²) in [5, 5.41) is 15.6. The summed E-state index contributed by atoms with van der Waals surface area (Å²) in [7, 11) is 1.90. The van der Waals surface area contributed by atoms with E-state index in [1.54, 1.807) is 0 Å². The van der Waals surface area contributed by atoms with E-state index in [2.05, 4.69) is 29.5 Å². The van der Waals surface area contributed by atoms with Gasteiger partial charge in [-0.05, 0) is 38.0 Å². The quantitative estimate of drug-likeness (QED) is 0.687. The number of nitrogens with one attached hydrogen (secondary N) is 2. The topological polar surface area (TPSA) is 70.1 Å². The van der Waals surface area contributed by atoms with E-state index < -0.39 is 0 Å². The lowest BCUT2D eigenvalue weighted by Crippen LogP contribution is -2.24. The van der Waals surface area contributed by atoms with Gasteiger partial charge in [-0.3, -0.25) is 0 Å². The molecule has 1 heterocycles. The standard InChI is InChI=1S/C16H28N4O/c1-11-13(17-4)19-15(12-6-7-12)20-14(11)18-10-16(2,3)8-5-9-21/h12,21H,5-10H2,1-4H3,(H2,17,18,19,20). The highest BCUT2D eigenvalue weighted by atomic mass is 16.2. The van der Waals surface area contributed by atoms with Gasteiger partial charge in [-0.15, -0.1) is 0 Å². The molecule has 1 aromatic rings. The van der Waals surface area contributed by atoms with Gasteiger partial charge in [0, 0.05) is 31.7 Å². The summed E-state index contributed by atoms with van der Waals surface area (Å²) in [5.41, 5.74) is 1.21. The SMILES string of the molecule is CNc1nc(C2CC2)nc(NCC(C)(C)CCCO)c1C. The fourth-order valence-corrected chi connectivity index (χ4v) is 2.44. The summed E-state index contributed by atoms with van der Waals surface area (Å²) in [5.74, 6) is 3.36. The molecule has 1 fully saturated rings. The van der Waals surface area contributed by atoms with Crippen LogP contribution in [0.4, 0.5) is 11.6 Å². The molecule has 0 atom stereocenters. The summed E-state index contributed by atoms with van der Waals surface area (Å²) in [6.45, 7) is 7.58. The highest BCUT2D eigenvalue weighted by molar-refractivity contribution is 5.57. The molecule has 0 unspecified atom stereocenters. The zero-order valence-electron chi connectivity index (χ0n) is 13.7. The van der Waals surface area contributed by atoms with Crippen LogP contribution in [0.3, 0.4) is 0 Å². The Morgan fingerprint density at radius 2 is 1.90 bits per heavy atom. The van der Waals surface area contributed by atoms with E-state index in [-0.39, 0.29) is 12.0 Å². The average molecular weight is 292 g/mol. The van der Waals surface area contributed by atoms with E-state index in [9.17, 15) is 0 Å². The largest absolute Gasteiger partial charge is 0.396 e. The zero-order chi connectivity index (χ0) is 15.5. The van der Waals surface area contributed by atoms with Gasteiger partial charge in [-0.2, -0.15) is 0 Å². The van der Waals surface area contributed by atoms with E-state index in [4.69, 9.17) is 10.1 Å². The molecular weight excluding hydrogens is 264 g/mol. The Morgan fingerprint density at radius 3 is 2.48 bits per heavy atom. The number of aliphatic hydroxyl groups is 1. The van der Waals surface area contributed by atoms with Crippen molar-refractivity contribution in [2.45, 2.75) is 52.4 Å². The number of aliphatic hydroxyl groups excluding tert-OH is 1. The van der Waals surface area contributed by atoms with E-state index in [1.807, 2.05) is 14.0 Å². The molecule has 0 radical (unpaired) electrons. The minimum absolute atomic E-state index is 0.139. The second kappa shape index (κ2) is 6.60. The molecule has 118 valence electrons. The maximum Gasteiger partial charge on any atom is 0.136 e. The minimum atomic E-state index is 0.139. The number of hydrogen-bond donors (Lipinski definition) is 3. The molecule has 0 aromatic carbocycles. The smallest absolute Gasteiger partial charge is 0.136 e. The van der Waals surface area contributed by atoms with E-state index in [0.29, 0.717) is 5.92 Å². The van der Waals surface area contributed by atoms with Crippen LogP contribution in [0, 0.1) is 12.3 Å². The lowest BCUT2D eigenvalue weighted by atomic mass is 9.88. The average Bonchev–Trinajstić information content (AvgIpc) is 3.29. The number of nitrogens with zero attached hydrogens (tertiary/aromatic N) is 2. The van der Waals surface area contributed by atoms with Crippen LogP contribution < -0.4 is 10.6 Å². The van der Waals surface area contributed by atoms with Crippen molar-refractivity contribution in [2.24, 2.45) is 5.41 Å². The second-order valence-electron chi connectivity index (χ2n) is 6.77. The van der Waals surface area contributed by atoms with Gasteiger partial charge in [0.2, 0.25) is 0 Å². The third-order valence-electron chi connectivity index (χ3n) is 4.09. The Balaban J connectivity index is 2.09. The van der Waals surface area contributed by atoms with Crippen LogP contribution in [0.15, 0.2) is 0 Å². The van der Waals surface area contributed by atoms with Crippen molar-refractivity contribution < 1.29 is 5.11 Å². The summed E-state index contributed by atoms with van der Waals surface area (Å²) in [6, 6.07) is 0. The Morgan fingerprint density at radius 1 is 1.24 bits per heavy atom. The summed E-state index contributed by atoms with van der Waals surface area (Å²) < 4.78 is 0. The predicted molar refractivity (Wildman–Crippen MR) is 86.9 cm³/mol. The Hall–Kier alpha value is -1.36. The van der Waals surface area contributed by atoms with Crippen molar-refractivity contribution >= 4 is 11.6 Å². The van der Waals surface area contributed by atoms with Crippen LogP contribution in [0.2, 0.25) is 0 Å². The normalized spacial score (nSPS) is 15.1. The van der Waals surface area contributed by atoms with Gasteiger partial charge in [-0.25, -0.2) is 9.97 Å². The Bertz CT molecular complexity index is 483. The zero-order valence-corrected chi connectivity index (χ0v) is 13.7. The first kappa shape index (κ1) is 16.0. The summed E-state index contributed by atoms with van der Waals surface area (Å²) in [4.78, 5) is 9.33. The van der Waals surface area contributed by atoms with Crippen LogP contribution in [-0.2, 0) is 0 Å². The van der Waals surface area contributed by atoms with Crippen molar-refractivity contribution in [1.82, 2.24) is 9.97 Å². The minimum Gasteiger partial charge on any atom is -0.396 e. The highest BCUT2D eigenvalue weighted by Gasteiger charge is 2.28. The first-order valence-corrected chi connectivity index (χ1v) is 7.88. The van der Waals surface area contributed by atoms with Crippen molar-refractivity contribution in [3.63, 3.8) is 0 Å². The molecule has 1 aliphatic carbocycles. The third-order valence-corrected chi connectivity index (χ3v) is 4.09. The Labute approximate surface area is 127 Å². The molecule has 2 rings (SSSR count). The fourth-order valence-electron chi connectivity index (χ4n) is 2.44. The van der Waals surface area contributed by atoms with Crippen LogP contribution >= 0.6 is 0 Å². The molecule has 1 saturated carbocycles. The molecule has 0 aliphatic heterocycles. The van der Waals surface area contributed by atoms with E-state index in [0.717, 1.165) is 42.4 Å². The predicted octanol–water partition coefficient (Wildman–Crippen LogP) is 2.91. The molecule has 3 N–H and O–H groups in total. The molecule has 0 spiro atoms. The molecule has 21 heavy (non-hydrogen) atoms. The van der Waals surface area contributed by atoms with Crippen molar-refractivity contribution in [3.05, 3.63) is 11.4 Å². The Kier molecular flexibility index (Phi) is 5.04. The number of rotatable bonds is 8. The first-order chi connectivity index (χ1) is 9.96. The monoisotopic (exact) mass is 292 g/mol. The molecule has 1 aromatic heterocycles. The van der Waals surface area contributed by atoms with Crippen LogP contribution in [0.25, 0.3) is 0 Å². The highest BCUT2D eigenvalue weighted by Crippen LogP contribution is 2.39. The van der Waals surface area contributed by atoms with E-state index in [1.165, 1.54) is 12.8 Å². The van der Waals surface area contributed by atoms with Gasteiger partial charge in [-0.1, -0.05) is 13.8 Å². The molecule has 0 amide bonds. The number of aromatic nitrogens is 2. The summed E-state index contributed by atoms with van der Waals surface area (Å²) in [6.07, 6.45) is 4.24. The summed E-state index contributed by atoms with van der Waals surface area (Å²) >= 11 is 0. The lowest BCUT2D eigenvalue weighted by molar-refractivity contribution is 0.248. The molecule has 5 heteroatoms. The van der Waals surface area contributed by atoms with Crippen molar-refractivity contribution in [2.75, 3.05) is 30.8 Å². The van der Waals surface area contributed by atoms with Gasteiger partial charge >= 0.3 is 0 Å². The lowest BCUT2D eigenvalue weighted by Gasteiger charge is -2.25. The van der Waals surface area contributed by atoms with Gasteiger partial charge < -0.3 is 15.7 Å². The number of hydrogen-bond acceptors (Lipinski definition) is 5. The fraction of sp³-hybridized carbons (Fsp3) is 0.750. The molecule has 5 nitrogen and oxygen atoms in total. The van der Waals surface area contributed by atoms with E-state index >= 15 is 0 Å². The molecule has 0 bridgehead atoms. The van der Waals surface area contributed by atoms with Gasteiger partial charge in [0.15, 0.2) is 0 Å². The van der Waals surface area contributed by atoms with Crippen molar-refractivity contribution in [3.8, 4) is 0 Å². The molecular formula is C16H28N4O. The number of anilines is 2. The molecule has 1 aliphatic rings. The third kappa shape index (κ3) is 4.30. The van der Waals surface area contributed by atoms with Crippen LogP contribution in [0.5, 0.6) is 0 Å². The second-order valence-corrected chi connectivity index (χ2v) is 6.77.